The highest BCUT2D eigenvalue weighted by atomic mass is 16.2. The van der Waals surface area contributed by atoms with Crippen LogP contribution < -0.4 is 5.32 Å². The van der Waals surface area contributed by atoms with Gasteiger partial charge in [-0.25, -0.2) is 0 Å². The summed E-state index contributed by atoms with van der Waals surface area (Å²) >= 11 is 0. The van der Waals surface area contributed by atoms with Crippen LogP contribution >= 0.6 is 0 Å². The highest BCUT2D eigenvalue weighted by molar-refractivity contribution is 6.06. The molecule has 2 rings (SSSR count). The fourth-order valence-corrected chi connectivity index (χ4v) is 2.42. The molecule has 0 aliphatic carbocycles. The molecule has 1 atom stereocenters. The molecular formula is C13H16N2O3. The van der Waals surface area contributed by atoms with Crippen molar-refractivity contribution in [1.29, 1.82) is 0 Å². The number of hydrogen-bond donors (Lipinski definition) is 1. The Balaban J connectivity index is 2.23. The number of piperidine rings is 1. The highest BCUT2D eigenvalue weighted by Gasteiger charge is 2.39. The minimum absolute atomic E-state index is 0.125. The Labute approximate surface area is 106 Å². The van der Waals surface area contributed by atoms with Gasteiger partial charge in [0.1, 0.15) is 6.04 Å². The molecule has 0 saturated carbocycles. The predicted molar refractivity (Wildman–Crippen MR) is 65.4 cm³/mol. The van der Waals surface area contributed by atoms with Gasteiger partial charge >= 0.3 is 0 Å². The molecule has 1 N–H and O–H groups in total. The summed E-state index contributed by atoms with van der Waals surface area (Å²) < 4.78 is 0. The topological polar surface area (TPSA) is 66.5 Å². The van der Waals surface area contributed by atoms with Crippen molar-refractivity contribution in [2.24, 2.45) is 0 Å². The van der Waals surface area contributed by atoms with Gasteiger partial charge in [0, 0.05) is 18.5 Å². The number of amides is 3. The molecule has 2 saturated heterocycles. The molecule has 0 aromatic rings. The molecule has 0 aromatic carbocycles. The van der Waals surface area contributed by atoms with Crippen LogP contribution in [0.25, 0.3) is 0 Å². The zero-order valence-electron chi connectivity index (χ0n) is 10.5. The SMILES string of the molecule is C/C=C1/CN(C2CCC(=O)NC2=O)C(=O)/C1=C/C. The van der Waals surface area contributed by atoms with Crippen molar-refractivity contribution in [2.45, 2.75) is 32.7 Å². The third-order valence-corrected chi connectivity index (χ3v) is 3.40. The molecule has 2 heterocycles. The van der Waals surface area contributed by atoms with Gasteiger partial charge in [0.25, 0.3) is 5.91 Å². The Morgan fingerprint density at radius 2 is 1.94 bits per heavy atom. The second-order valence-corrected chi connectivity index (χ2v) is 4.42. The molecule has 5 heteroatoms. The first kappa shape index (κ1) is 12.5. The fourth-order valence-electron chi connectivity index (χ4n) is 2.42. The second kappa shape index (κ2) is 4.76. The van der Waals surface area contributed by atoms with E-state index in [1.165, 1.54) is 0 Å². The summed E-state index contributed by atoms with van der Waals surface area (Å²) in [6, 6.07) is -0.525. The molecule has 18 heavy (non-hydrogen) atoms. The number of nitrogens with one attached hydrogen (secondary N) is 1. The maximum atomic E-state index is 12.2. The van der Waals surface area contributed by atoms with Crippen molar-refractivity contribution in [3.05, 3.63) is 23.3 Å². The van der Waals surface area contributed by atoms with Crippen molar-refractivity contribution in [3.63, 3.8) is 0 Å². The zero-order valence-corrected chi connectivity index (χ0v) is 10.5. The van der Waals surface area contributed by atoms with E-state index < -0.39 is 6.04 Å². The van der Waals surface area contributed by atoms with Crippen LogP contribution in [0.3, 0.4) is 0 Å². The van der Waals surface area contributed by atoms with Crippen LogP contribution in [0.15, 0.2) is 23.3 Å². The Morgan fingerprint density at radius 3 is 2.44 bits per heavy atom. The molecule has 2 aliphatic rings. The lowest BCUT2D eigenvalue weighted by Crippen LogP contribution is -2.52. The number of allylic oxidation sites excluding steroid dienone is 2. The Hall–Kier alpha value is -1.91. The lowest BCUT2D eigenvalue weighted by atomic mass is 10.0. The minimum Gasteiger partial charge on any atom is -0.322 e. The second-order valence-electron chi connectivity index (χ2n) is 4.42. The lowest BCUT2D eigenvalue weighted by Gasteiger charge is -2.28. The molecule has 0 spiro atoms. The molecule has 0 radical (unpaired) electrons. The molecule has 3 amide bonds. The number of carbonyl (C=O) groups is 3. The normalized spacial score (nSPS) is 29.3. The lowest BCUT2D eigenvalue weighted by molar-refractivity contribution is -0.142. The van der Waals surface area contributed by atoms with E-state index >= 15 is 0 Å². The summed E-state index contributed by atoms with van der Waals surface area (Å²) in [5, 5.41) is 2.28. The smallest absolute Gasteiger partial charge is 0.254 e. The van der Waals surface area contributed by atoms with Crippen molar-refractivity contribution >= 4 is 17.7 Å². The number of nitrogens with zero attached hydrogens (tertiary/aromatic N) is 1. The van der Waals surface area contributed by atoms with Gasteiger partial charge in [-0.15, -0.1) is 0 Å². The van der Waals surface area contributed by atoms with Crippen LogP contribution in [0.2, 0.25) is 0 Å². The van der Waals surface area contributed by atoms with Crippen LogP contribution in [0, 0.1) is 0 Å². The quantitative estimate of drug-likeness (QED) is 0.543. The standard InChI is InChI=1S/C13H16N2O3/c1-3-8-7-15(13(18)9(8)4-2)10-5-6-11(16)14-12(10)17/h3-4,10H,5-7H2,1-2H3,(H,14,16,17)/b8-3-,9-4+. The van der Waals surface area contributed by atoms with Crippen LogP contribution in [0.1, 0.15) is 26.7 Å². The zero-order chi connectivity index (χ0) is 13.3. The van der Waals surface area contributed by atoms with Gasteiger partial charge in [-0.05, 0) is 25.8 Å². The summed E-state index contributed by atoms with van der Waals surface area (Å²) in [6.45, 7) is 4.13. The van der Waals surface area contributed by atoms with Crippen LogP contribution in [-0.4, -0.2) is 35.2 Å². The molecule has 5 nitrogen and oxygen atoms in total. The van der Waals surface area contributed by atoms with E-state index in [1.54, 1.807) is 11.0 Å². The summed E-state index contributed by atoms with van der Waals surface area (Å²) in [7, 11) is 0. The summed E-state index contributed by atoms with van der Waals surface area (Å²) in [5.41, 5.74) is 1.59. The Bertz CT molecular complexity index is 477. The largest absolute Gasteiger partial charge is 0.322 e. The maximum absolute atomic E-state index is 12.2. The van der Waals surface area contributed by atoms with Gasteiger partial charge < -0.3 is 4.90 Å². The van der Waals surface area contributed by atoms with E-state index in [1.807, 2.05) is 19.9 Å². The van der Waals surface area contributed by atoms with E-state index in [-0.39, 0.29) is 24.1 Å². The monoisotopic (exact) mass is 248 g/mol. The van der Waals surface area contributed by atoms with Gasteiger partial charge in [-0.3, -0.25) is 19.7 Å². The molecule has 96 valence electrons. The summed E-state index contributed by atoms with van der Waals surface area (Å²) in [4.78, 5) is 36.6. The van der Waals surface area contributed by atoms with Crippen LogP contribution in [0.5, 0.6) is 0 Å². The predicted octanol–water partition coefficient (Wildman–Crippen LogP) is 0.526. The van der Waals surface area contributed by atoms with Gasteiger partial charge in [0.2, 0.25) is 11.8 Å². The van der Waals surface area contributed by atoms with Gasteiger partial charge in [-0.2, -0.15) is 0 Å². The number of likely N-dealkylation sites (tertiary alicyclic amines) is 1. The first-order valence-electron chi connectivity index (χ1n) is 6.05. The van der Waals surface area contributed by atoms with E-state index in [2.05, 4.69) is 5.32 Å². The number of imide groups is 1. The summed E-state index contributed by atoms with van der Waals surface area (Å²) in [5.74, 6) is -0.757. The van der Waals surface area contributed by atoms with Gasteiger partial charge in [0.05, 0.1) is 0 Å². The Morgan fingerprint density at radius 1 is 1.22 bits per heavy atom. The first-order chi connectivity index (χ1) is 8.58. The number of hydrogen-bond acceptors (Lipinski definition) is 3. The van der Waals surface area contributed by atoms with Crippen molar-refractivity contribution < 1.29 is 14.4 Å². The van der Waals surface area contributed by atoms with Gasteiger partial charge in [-0.1, -0.05) is 12.2 Å². The average molecular weight is 248 g/mol. The van der Waals surface area contributed by atoms with Gasteiger partial charge in [0.15, 0.2) is 0 Å². The Kier molecular flexibility index (Phi) is 3.32. The molecule has 2 aliphatic heterocycles. The third kappa shape index (κ3) is 1.96. The molecule has 0 aromatic heterocycles. The van der Waals surface area contributed by atoms with E-state index in [4.69, 9.17) is 0 Å². The summed E-state index contributed by atoms with van der Waals surface area (Å²) in [6.07, 6.45) is 4.35. The minimum atomic E-state index is -0.525. The molecule has 1 unspecified atom stereocenters. The van der Waals surface area contributed by atoms with Crippen LogP contribution in [-0.2, 0) is 14.4 Å². The fraction of sp³-hybridized carbons (Fsp3) is 0.462. The third-order valence-electron chi connectivity index (χ3n) is 3.40. The molecular weight excluding hydrogens is 232 g/mol. The van der Waals surface area contributed by atoms with Crippen molar-refractivity contribution in [3.8, 4) is 0 Å². The number of rotatable bonds is 1. The van der Waals surface area contributed by atoms with E-state index in [9.17, 15) is 14.4 Å². The van der Waals surface area contributed by atoms with Crippen molar-refractivity contribution in [1.82, 2.24) is 10.2 Å². The average Bonchev–Trinajstić information content (AvgIpc) is 2.66. The maximum Gasteiger partial charge on any atom is 0.254 e. The van der Waals surface area contributed by atoms with Crippen molar-refractivity contribution in [2.75, 3.05) is 6.54 Å². The molecule has 0 bridgehead atoms. The van der Waals surface area contributed by atoms with Crippen LogP contribution in [0.4, 0.5) is 0 Å². The van der Waals surface area contributed by atoms with E-state index in [0.717, 1.165) is 5.57 Å². The number of carbonyl (C=O) groups excluding carboxylic acids is 3. The first-order valence-corrected chi connectivity index (χ1v) is 6.05. The van der Waals surface area contributed by atoms with E-state index in [0.29, 0.717) is 18.5 Å². The molecule has 2 fully saturated rings. The highest BCUT2D eigenvalue weighted by Crippen LogP contribution is 2.27.